The summed E-state index contributed by atoms with van der Waals surface area (Å²) in [7, 11) is 1.28. The number of amides is 2. The summed E-state index contributed by atoms with van der Waals surface area (Å²) in [6.45, 7) is 2.95. The molecule has 0 radical (unpaired) electrons. The number of carbonyl (C=O) groups is 3. The first-order valence-corrected chi connectivity index (χ1v) is 9.55. The molecule has 2 aromatic rings. The number of para-hydroxylation sites is 1. The van der Waals surface area contributed by atoms with Crippen molar-refractivity contribution in [3.8, 4) is 5.75 Å². The number of anilines is 2. The average molecular weight is 396 g/mol. The fraction of sp³-hybridized carbons (Fsp3) is 0.318. The molecule has 3 rings (SSSR count). The van der Waals surface area contributed by atoms with Gasteiger partial charge in [-0.25, -0.2) is 4.79 Å². The average Bonchev–Trinajstić information content (AvgIpc) is 3.14. The largest absolute Gasteiger partial charge is 0.494 e. The van der Waals surface area contributed by atoms with E-state index < -0.39 is 11.9 Å². The number of carbonyl (C=O) groups excluding carboxylic acids is 3. The lowest BCUT2D eigenvalue weighted by atomic mass is 10.1. The number of nitrogens with one attached hydrogen (secondary N) is 1. The van der Waals surface area contributed by atoms with Gasteiger partial charge in [0, 0.05) is 18.7 Å². The molecule has 1 heterocycles. The van der Waals surface area contributed by atoms with Gasteiger partial charge in [0.2, 0.25) is 11.8 Å². The maximum Gasteiger partial charge on any atom is 0.339 e. The minimum Gasteiger partial charge on any atom is -0.494 e. The Kier molecular flexibility index (Phi) is 6.49. The van der Waals surface area contributed by atoms with Gasteiger partial charge in [-0.15, -0.1) is 0 Å². The second-order valence-corrected chi connectivity index (χ2v) is 6.77. The minimum absolute atomic E-state index is 0.111. The Labute approximate surface area is 169 Å². The predicted molar refractivity (Wildman–Crippen MR) is 109 cm³/mol. The second-order valence-electron chi connectivity index (χ2n) is 6.77. The topological polar surface area (TPSA) is 84.9 Å². The first kappa shape index (κ1) is 20.4. The Balaban J connectivity index is 1.67. The number of methoxy groups -OCH3 is 1. The molecule has 0 aromatic heterocycles. The number of hydrogen-bond acceptors (Lipinski definition) is 5. The van der Waals surface area contributed by atoms with E-state index in [1.807, 2.05) is 31.2 Å². The monoisotopic (exact) mass is 396 g/mol. The first-order chi connectivity index (χ1) is 14.0. The van der Waals surface area contributed by atoms with E-state index in [0.29, 0.717) is 12.3 Å². The van der Waals surface area contributed by atoms with Crippen molar-refractivity contribution < 1.29 is 23.9 Å². The van der Waals surface area contributed by atoms with Crippen LogP contribution in [0, 0.1) is 5.92 Å². The molecule has 0 bridgehead atoms. The van der Waals surface area contributed by atoms with Crippen molar-refractivity contribution >= 4 is 29.2 Å². The molecule has 0 saturated carbocycles. The lowest BCUT2D eigenvalue weighted by Crippen LogP contribution is -2.28. The van der Waals surface area contributed by atoms with E-state index in [1.165, 1.54) is 7.11 Å². The quantitative estimate of drug-likeness (QED) is 0.726. The van der Waals surface area contributed by atoms with Gasteiger partial charge in [0.05, 0.1) is 30.9 Å². The van der Waals surface area contributed by atoms with Crippen molar-refractivity contribution in [3.05, 3.63) is 54.1 Å². The zero-order valence-corrected chi connectivity index (χ0v) is 16.5. The summed E-state index contributed by atoms with van der Waals surface area (Å²) >= 11 is 0. The third-order valence-corrected chi connectivity index (χ3v) is 4.71. The Hall–Kier alpha value is -3.35. The highest BCUT2D eigenvalue weighted by Gasteiger charge is 2.35. The van der Waals surface area contributed by atoms with E-state index in [9.17, 15) is 14.4 Å². The minimum atomic E-state index is -0.532. The third-order valence-electron chi connectivity index (χ3n) is 4.71. The van der Waals surface area contributed by atoms with Crippen LogP contribution in [-0.2, 0) is 14.3 Å². The van der Waals surface area contributed by atoms with Crippen LogP contribution in [0.2, 0.25) is 0 Å². The maximum absolute atomic E-state index is 12.7. The Morgan fingerprint density at radius 2 is 1.86 bits per heavy atom. The summed E-state index contributed by atoms with van der Waals surface area (Å²) in [6, 6.07) is 13.9. The van der Waals surface area contributed by atoms with Crippen LogP contribution >= 0.6 is 0 Å². The normalized spacial score (nSPS) is 15.9. The van der Waals surface area contributed by atoms with E-state index in [1.54, 1.807) is 29.2 Å². The van der Waals surface area contributed by atoms with E-state index in [4.69, 9.17) is 9.47 Å². The molecule has 1 fully saturated rings. The standard InChI is InChI=1S/C22H24N2O5/c1-3-12-29-17-10-8-16(9-11-17)24-14-15(13-20(24)25)21(26)23-19-7-5-4-6-18(19)22(27)28-2/h4-11,15H,3,12-14H2,1-2H3,(H,23,26)/t15-/m0/s1. The molecule has 7 heteroatoms. The molecule has 152 valence electrons. The summed E-state index contributed by atoms with van der Waals surface area (Å²) in [5.74, 6) is -0.718. The van der Waals surface area contributed by atoms with Gasteiger partial charge in [-0.3, -0.25) is 9.59 Å². The van der Waals surface area contributed by atoms with Crippen LogP contribution in [0.1, 0.15) is 30.1 Å². The van der Waals surface area contributed by atoms with Crippen LogP contribution < -0.4 is 15.0 Å². The highest BCUT2D eigenvalue weighted by Crippen LogP contribution is 2.28. The molecule has 1 aliphatic heterocycles. The van der Waals surface area contributed by atoms with Gasteiger partial charge < -0.3 is 19.7 Å². The molecule has 29 heavy (non-hydrogen) atoms. The third kappa shape index (κ3) is 4.74. The predicted octanol–water partition coefficient (Wildman–Crippen LogP) is 3.25. The van der Waals surface area contributed by atoms with Crippen molar-refractivity contribution in [2.75, 3.05) is 30.5 Å². The number of hydrogen-bond donors (Lipinski definition) is 1. The van der Waals surface area contributed by atoms with E-state index in [0.717, 1.165) is 17.9 Å². The van der Waals surface area contributed by atoms with E-state index in [-0.39, 0.29) is 30.3 Å². The van der Waals surface area contributed by atoms with Gasteiger partial charge in [0.15, 0.2) is 0 Å². The lowest BCUT2D eigenvalue weighted by Gasteiger charge is -2.17. The fourth-order valence-electron chi connectivity index (χ4n) is 3.19. The number of ether oxygens (including phenoxy) is 2. The highest BCUT2D eigenvalue weighted by molar-refractivity contribution is 6.06. The van der Waals surface area contributed by atoms with Crippen LogP contribution in [0.3, 0.4) is 0 Å². The summed E-state index contributed by atoms with van der Waals surface area (Å²) in [4.78, 5) is 38.6. The van der Waals surface area contributed by atoms with Crippen molar-refractivity contribution in [3.63, 3.8) is 0 Å². The van der Waals surface area contributed by atoms with Crippen LogP contribution in [0.15, 0.2) is 48.5 Å². The van der Waals surface area contributed by atoms with Crippen LogP contribution in [0.25, 0.3) is 0 Å². The Bertz CT molecular complexity index is 894. The zero-order chi connectivity index (χ0) is 20.8. The number of rotatable bonds is 7. The van der Waals surface area contributed by atoms with Crippen LogP contribution in [-0.4, -0.2) is 38.0 Å². The fourth-order valence-corrected chi connectivity index (χ4v) is 3.19. The van der Waals surface area contributed by atoms with E-state index in [2.05, 4.69) is 5.32 Å². The molecule has 0 spiro atoms. The second kappa shape index (κ2) is 9.23. The molecule has 1 aliphatic rings. The molecule has 2 amide bonds. The van der Waals surface area contributed by atoms with Crippen LogP contribution in [0.5, 0.6) is 5.75 Å². The summed E-state index contributed by atoms with van der Waals surface area (Å²) in [6.07, 6.45) is 1.03. The maximum atomic E-state index is 12.7. The van der Waals surface area contributed by atoms with Gasteiger partial charge in [-0.2, -0.15) is 0 Å². The molecule has 0 unspecified atom stereocenters. The Morgan fingerprint density at radius 3 is 2.55 bits per heavy atom. The zero-order valence-electron chi connectivity index (χ0n) is 16.5. The Morgan fingerprint density at radius 1 is 1.14 bits per heavy atom. The molecule has 1 N–H and O–H groups in total. The van der Waals surface area contributed by atoms with Gasteiger partial charge >= 0.3 is 5.97 Å². The van der Waals surface area contributed by atoms with Crippen molar-refractivity contribution in [2.45, 2.75) is 19.8 Å². The number of nitrogens with zero attached hydrogens (tertiary/aromatic N) is 1. The molecule has 0 aliphatic carbocycles. The summed E-state index contributed by atoms with van der Waals surface area (Å²) in [5.41, 5.74) is 1.36. The lowest BCUT2D eigenvalue weighted by molar-refractivity contribution is -0.122. The van der Waals surface area contributed by atoms with Gasteiger partial charge in [0.25, 0.3) is 0 Å². The summed E-state index contributed by atoms with van der Waals surface area (Å²) in [5, 5.41) is 2.75. The van der Waals surface area contributed by atoms with E-state index >= 15 is 0 Å². The SMILES string of the molecule is CCCOc1ccc(N2C[C@@H](C(=O)Nc3ccccc3C(=O)OC)CC2=O)cc1. The summed E-state index contributed by atoms with van der Waals surface area (Å²) < 4.78 is 10.3. The van der Waals surface area contributed by atoms with Gasteiger partial charge in [-0.1, -0.05) is 19.1 Å². The molecule has 2 aromatic carbocycles. The van der Waals surface area contributed by atoms with Crippen molar-refractivity contribution in [1.29, 1.82) is 0 Å². The molecule has 7 nitrogen and oxygen atoms in total. The number of esters is 1. The smallest absolute Gasteiger partial charge is 0.339 e. The molecule has 1 saturated heterocycles. The molecular formula is C22H24N2O5. The van der Waals surface area contributed by atoms with Gasteiger partial charge in [-0.05, 0) is 42.8 Å². The van der Waals surface area contributed by atoms with Crippen molar-refractivity contribution in [2.24, 2.45) is 5.92 Å². The van der Waals surface area contributed by atoms with Crippen molar-refractivity contribution in [1.82, 2.24) is 0 Å². The van der Waals surface area contributed by atoms with Crippen LogP contribution in [0.4, 0.5) is 11.4 Å². The molecule has 1 atom stereocenters. The first-order valence-electron chi connectivity index (χ1n) is 9.55. The number of benzene rings is 2. The van der Waals surface area contributed by atoms with Gasteiger partial charge in [0.1, 0.15) is 5.75 Å². The highest BCUT2D eigenvalue weighted by atomic mass is 16.5. The molecular weight excluding hydrogens is 372 g/mol.